The summed E-state index contributed by atoms with van der Waals surface area (Å²) in [5, 5.41) is 2.42. The zero-order valence-corrected chi connectivity index (χ0v) is 14.9. The summed E-state index contributed by atoms with van der Waals surface area (Å²) in [6, 6.07) is 18.6. The van der Waals surface area contributed by atoms with Crippen molar-refractivity contribution in [1.82, 2.24) is 0 Å². The number of nitrogens with two attached hydrogens (primary N) is 1. The molecule has 2 N–H and O–H groups in total. The quantitative estimate of drug-likeness (QED) is 0.759. The maximum absolute atomic E-state index is 6.15. The highest BCUT2D eigenvalue weighted by Crippen LogP contribution is 2.36. The van der Waals surface area contributed by atoms with Crippen molar-refractivity contribution in [2.45, 2.75) is 12.3 Å². The Morgan fingerprint density at radius 1 is 1.00 bits per heavy atom. The van der Waals surface area contributed by atoms with Gasteiger partial charge in [-0.3, -0.25) is 0 Å². The summed E-state index contributed by atoms with van der Waals surface area (Å²) in [4.78, 5) is 0. The second kappa shape index (κ2) is 7.26. The lowest BCUT2D eigenvalue weighted by Gasteiger charge is -2.22. The molecule has 0 aromatic heterocycles. The Hall–Kier alpha value is -2.72. The molecular weight excluding hydrogens is 326 g/mol. The van der Waals surface area contributed by atoms with Crippen LogP contribution in [0.5, 0.6) is 17.2 Å². The van der Waals surface area contributed by atoms with Crippen LogP contribution >= 0.6 is 0 Å². The van der Waals surface area contributed by atoms with Crippen LogP contribution in [0.2, 0.25) is 0 Å². The number of fused-ring (bicyclic) bond motifs is 2. The van der Waals surface area contributed by atoms with Gasteiger partial charge in [0, 0.05) is 11.5 Å². The second-order valence-electron chi connectivity index (χ2n) is 6.51. The lowest BCUT2D eigenvalue weighted by molar-refractivity contribution is 0.171. The first-order valence-electron chi connectivity index (χ1n) is 8.94. The highest BCUT2D eigenvalue weighted by Gasteiger charge is 2.19. The third-order valence-corrected chi connectivity index (χ3v) is 4.99. The summed E-state index contributed by atoms with van der Waals surface area (Å²) in [6.07, 6.45) is 0.806. The van der Waals surface area contributed by atoms with Gasteiger partial charge in [-0.2, -0.15) is 0 Å². The number of hydrogen-bond donors (Lipinski definition) is 1. The fourth-order valence-corrected chi connectivity index (χ4v) is 3.62. The summed E-state index contributed by atoms with van der Waals surface area (Å²) in [6.45, 7) is 1.73. The van der Waals surface area contributed by atoms with Gasteiger partial charge in [-0.15, -0.1) is 0 Å². The standard InChI is InChI=1S/C22H23NO3/c1-24-20-8-6-15-4-2-3-5-18(15)19(20)12-17(14-23)16-7-9-21-22(13-16)26-11-10-25-21/h2-9,13,17H,10-12,14,23H2,1H3. The van der Waals surface area contributed by atoms with Crippen molar-refractivity contribution < 1.29 is 14.2 Å². The largest absolute Gasteiger partial charge is 0.496 e. The van der Waals surface area contributed by atoms with E-state index < -0.39 is 0 Å². The molecule has 26 heavy (non-hydrogen) atoms. The van der Waals surface area contributed by atoms with Crippen molar-refractivity contribution in [1.29, 1.82) is 0 Å². The average Bonchev–Trinajstić information content (AvgIpc) is 2.71. The van der Waals surface area contributed by atoms with E-state index in [9.17, 15) is 0 Å². The van der Waals surface area contributed by atoms with Crippen LogP contribution in [0.25, 0.3) is 10.8 Å². The lowest BCUT2D eigenvalue weighted by atomic mass is 9.89. The Kier molecular flexibility index (Phi) is 4.67. The monoisotopic (exact) mass is 349 g/mol. The van der Waals surface area contributed by atoms with Gasteiger partial charge in [0.1, 0.15) is 19.0 Å². The molecule has 4 rings (SSSR count). The molecule has 0 saturated carbocycles. The topological polar surface area (TPSA) is 53.7 Å². The second-order valence-corrected chi connectivity index (χ2v) is 6.51. The smallest absolute Gasteiger partial charge is 0.161 e. The molecule has 1 heterocycles. The van der Waals surface area contributed by atoms with Crippen molar-refractivity contribution in [3.05, 3.63) is 65.7 Å². The van der Waals surface area contributed by atoms with E-state index in [2.05, 4.69) is 42.5 Å². The van der Waals surface area contributed by atoms with Crippen LogP contribution < -0.4 is 19.9 Å². The zero-order chi connectivity index (χ0) is 17.9. The van der Waals surface area contributed by atoms with Crippen molar-refractivity contribution >= 4 is 10.8 Å². The van der Waals surface area contributed by atoms with Gasteiger partial charge >= 0.3 is 0 Å². The minimum atomic E-state index is 0.172. The van der Waals surface area contributed by atoms with Crippen molar-refractivity contribution in [3.63, 3.8) is 0 Å². The molecule has 1 aliphatic heterocycles. The molecule has 1 unspecified atom stereocenters. The van der Waals surface area contributed by atoms with E-state index in [1.165, 1.54) is 16.3 Å². The van der Waals surface area contributed by atoms with Crippen LogP contribution in [0.1, 0.15) is 17.0 Å². The summed E-state index contributed by atoms with van der Waals surface area (Å²) in [5.74, 6) is 2.68. The number of ether oxygens (including phenoxy) is 3. The Bertz CT molecular complexity index is 922. The van der Waals surface area contributed by atoms with Gasteiger partial charge in [-0.1, -0.05) is 36.4 Å². The first-order valence-corrected chi connectivity index (χ1v) is 8.94. The van der Waals surface area contributed by atoms with Gasteiger partial charge in [0.05, 0.1) is 7.11 Å². The van der Waals surface area contributed by atoms with Gasteiger partial charge in [0.25, 0.3) is 0 Å². The van der Waals surface area contributed by atoms with Crippen molar-refractivity contribution in [2.24, 2.45) is 5.73 Å². The number of methoxy groups -OCH3 is 1. The molecule has 1 atom stereocenters. The van der Waals surface area contributed by atoms with Crippen LogP contribution in [0.15, 0.2) is 54.6 Å². The van der Waals surface area contributed by atoms with Crippen LogP contribution in [-0.4, -0.2) is 26.9 Å². The zero-order valence-electron chi connectivity index (χ0n) is 14.9. The van der Waals surface area contributed by atoms with Crippen LogP contribution in [0, 0.1) is 0 Å². The molecule has 0 spiro atoms. The van der Waals surface area contributed by atoms with Crippen molar-refractivity contribution in [3.8, 4) is 17.2 Å². The molecule has 4 nitrogen and oxygen atoms in total. The van der Waals surface area contributed by atoms with Crippen LogP contribution in [-0.2, 0) is 6.42 Å². The van der Waals surface area contributed by atoms with E-state index in [0.717, 1.165) is 29.2 Å². The normalized spacial score (nSPS) is 14.2. The first-order chi connectivity index (χ1) is 12.8. The van der Waals surface area contributed by atoms with Gasteiger partial charge in [-0.05, 0) is 47.5 Å². The van der Waals surface area contributed by atoms with E-state index >= 15 is 0 Å². The predicted octanol–water partition coefficient (Wildman–Crippen LogP) is 3.90. The number of hydrogen-bond acceptors (Lipinski definition) is 4. The third kappa shape index (κ3) is 3.08. The van der Waals surface area contributed by atoms with Gasteiger partial charge in [-0.25, -0.2) is 0 Å². The number of rotatable bonds is 5. The van der Waals surface area contributed by atoms with Crippen LogP contribution in [0.3, 0.4) is 0 Å². The maximum Gasteiger partial charge on any atom is 0.161 e. The van der Waals surface area contributed by atoms with E-state index in [4.69, 9.17) is 19.9 Å². The first kappa shape index (κ1) is 16.7. The molecule has 0 fully saturated rings. The molecule has 0 saturated heterocycles. The summed E-state index contributed by atoms with van der Waals surface area (Å²) in [5.41, 5.74) is 8.50. The molecule has 1 aliphatic rings. The molecule has 0 radical (unpaired) electrons. The third-order valence-electron chi connectivity index (χ3n) is 4.99. The molecular formula is C22H23NO3. The maximum atomic E-state index is 6.15. The molecule has 3 aromatic rings. The highest BCUT2D eigenvalue weighted by molar-refractivity contribution is 5.87. The number of benzene rings is 3. The minimum absolute atomic E-state index is 0.172. The lowest BCUT2D eigenvalue weighted by Crippen LogP contribution is -2.18. The van der Waals surface area contributed by atoms with E-state index in [0.29, 0.717) is 19.8 Å². The molecule has 134 valence electrons. The summed E-state index contributed by atoms with van der Waals surface area (Å²) in [7, 11) is 1.72. The molecule has 4 heteroatoms. The summed E-state index contributed by atoms with van der Waals surface area (Å²) < 4.78 is 17.0. The summed E-state index contributed by atoms with van der Waals surface area (Å²) >= 11 is 0. The predicted molar refractivity (Wildman–Crippen MR) is 103 cm³/mol. The molecule has 0 bridgehead atoms. The molecule has 3 aromatic carbocycles. The minimum Gasteiger partial charge on any atom is -0.496 e. The fourth-order valence-electron chi connectivity index (χ4n) is 3.62. The van der Waals surface area contributed by atoms with Crippen molar-refractivity contribution in [2.75, 3.05) is 26.9 Å². The molecule has 0 aliphatic carbocycles. The van der Waals surface area contributed by atoms with E-state index in [-0.39, 0.29) is 5.92 Å². The average molecular weight is 349 g/mol. The Balaban J connectivity index is 1.72. The Morgan fingerprint density at radius 2 is 1.81 bits per heavy atom. The van der Waals surface area contributed by atoms with Gasteiger partial charge < -0.3 is 19.9 Å². The molecule has 0 amide bonds. The Labute approximate surface area is 153 Å². The fraction of sp³-hybridized carbons (Fsp3) is 0.273. The van der Waals surface area contributed by atoms with Gasteiger partial charge in [0.2, 0.25) is 0 Å². The van der Waals surface area contributed by atoms with Crippen LogP contribution in [0.4, 0.5) is 0 Å². The SMILES string of the molecule is COc1ccc2ccccc2c1CC(CN)c1ccc2c(c1)OCCO2. The Morgan fingerprint density at radius 3 is 2.62 bits per heavy atom. The highest BCUT2D eigenvalue weighted by atomic mass is 16.6. The van der Waals surface area contributed by atoms with E-state index in [1.807, 2.05) is 12.1 Å². The van der Waals surface area contributed by atoms with Gasteiger partial charge in [0.15, 0.2) is 11.5 Å². The van der Waals surface area contributed by atoms with E-state index in [1.54, 1.807) is 7.11 Å².